The molecule has 3 nitrogen and oxygen atoms in total. The molecule has 6 heteroatoms. The molecule has 0 aromatic rings. The minimum Gasteiger partial charge on any atom is -0.369 e. The fraction of sp³-hybridized carbons (Fsp3) is 0.889. The van der Waals surface area contributed by atoms with E-state index in [9.17, 15) is 18.0 Å². The Balaban J connectivity index is 2.54. The zero-order valence-corrected chi connectivity index (χ0v) is 8.31. The maximum atomic E-state index is 12.6. The molecule has 1 amide bonds. The Labute approximate surface area is 86.2 Å². The maximum Gasteiger partial charge on any atom is 0.393 e. The second kappa shape index (κ2) is 4.83. The molecular weight excluding hydrogens is 209 g/mol. The first-order chi connectivity index (χ1) is 6.91. The first kappa shape index (κ1) is 12.3. The van der Waals surface area contributed by atoms with Crippen molar-refractivity contribution >= 4 is 5.91 Å². The van der Waals surface area contributed by atoms with E-state index in [4.69, 9.17) is 5.73 Å². The summed E-state index contributed by atoms with van der Waals surface area (Å²) in [5.74, 6) is -1.97. The molecule has 1 fully saturated rings. The molecule has 88 valence electrons. The van der Waals surface area contributed by atoms with Crippen LogP contribution in [0.3, 0.4) is 0 Å². The number of primary amides is 1. The molecule has 15 heavy (non-hydrogen) atoms. The lowest BCUT2D eigenvalue weighted by atomic mass is 9.84. The summed E-state index contributed by atoms with van der Waals surface area (Å²) in [6.07, 6.45) is -2.23. The third-order valence-electron chi connectivity index (χ3n) is 2.72. The van der Waals surface area contributed by atoms with E-state index < -0.39 is 24.0 Å². The van der Waals surface area contributed by atoms with E-state index >= 15 is 0 Å². The normalized spacial score (nSPS) is 27.7. The number of hydrogen-bond donors (Lipinski definition) is 2. The minimum atomic E-state index is -4.18. The Bertz CT molecular complexity index is 230. The highest BCUT2D eigenvalue weighted by atomic mass is 19.4. The average Bonchev–Trinajstić information content (AvgIpc) is 2.13. The summed E-state index contributed by atoms with van der Waals surface area (Å²) in [5, 5.41) is 2.58. The quantitative estimate of drug-likeness (QED) is 0.756. The SMILES string of the molecule is NC(=O)CNC1CCCCC1C(F)(F)F. The zero-order chi connectivity index (χ0) is 11.5. The highest BCUT2D eigenvalue weighted by molar-refractivity contribution is 5.75. The van der Waals surface area contributed by atoms with Gasteiger partial charge in [0.2, 0.25) is 5.91 Å². The van der Waals surface area contributed by atoms with Crippen molar-refractivity contribution in [2.75, 3.05) is 6.54 Å². The second-order valence-corrected chi connectivity index (χ2v) is 3.89. The van der Waals surface area contributed by atoms with Crippen LogP contribution in [0.25, 0.3) is 0 Å². The first-order valence-corrected chi connectivity index (χ1v) is 4.99. The Hall–Kier alpha value is -0.780. The molecule has 0 spiro atoms. The monoisotopic (exact) mass is 224 g/mol. The van der Waals surface area contributed by atoms with Crippen molar-refractivity contribution in [3.05, 3.63) is 0 Å². The lowest BCUT2D eigenvalue weighted by molar-refractivity contribution is -0.189. The molecule has 1 rings (SSSR count). The topological polar surface area (TPSA) is 55.1 Å². The third-order valence-corrected chi connectivity index (χ3v) is 2.72. The molecule has 1 aliphatic rings. The molecule has 0 aromatic heterocycles. The number of hydrogen-bond acceptors (Lipinski definition) is 2. The number of rotatable bonds is 3. The van der Waals surface area contributed by atoms with E-state index in [1.807, 2.05) is 0 Å². The van der Waals surface area contributed by atoms with E-state index in [0.29, 0.717) is 12.8 Å². The van der Waals surface area contributed by atoms with Gasteiger partial charge >= 0.3 is 6.18 Å². The standard InChI is InChI=1S/C9H15F3N2O/c10-9(11,12)6-3-1-2-4-7(6)14-5-8(13)15/h6-7,14H,1-5H2,(H2,13,15). The van der Waals surface area contributed by atoms with Crippen LogP contribution in [-0.4, -0.2) is 24.7 Å². The van der Waals surface area contributed by atoms with Crippen molar-refractivity contribution in [2.24, 2.45) is 11.7 Å². The van der Waals surface area contributed by atoms with Crippen molar-refractivity contribution in [3.63, 3.8) is 0 Å². The first-order valence-electron chi connectivity index (χ1n) is 4.99. The summed E-state index contributed by atoms with van der Waals surface area (Å²) < 4.78 is 37.7. The smallest absolute Gasteiger partial charge is 0.369 e. The van der Waals surface area contributed by atoms with Crippen molar-refractivity contribution in [3.8, 4) is 0 Å². The van der Waals surface area contributed by atoms with Crippen LogP contribution in [0.2, 0.25) is 0 Å². The molecule has 2 atom stereocenters. The van der Waals surface area contributed by atoms with E-state index in [1.165, 1.54) is 0 Å². The fourth-order valence-corrected chi connectivity index (χ4v) is 2.00. The van der Waals surface area contributed by atoms with Crippen LogP contribution in [0.15, 0.2) is 0 Å². The molecular formula is C9H15F3N2O. The van der Waals surface area contributed by atoms with E-state index in [-0.39, 0.29) is 13.0 Å². The van der Waals surface area contributed by atoms with Crippen molar-refractivity contribution in [1.82, 2.24) is 5.32 Å². The predicted molar refractivity (Wildman–Crippen MR) is 49.0 cm³/mol. The summed E-state index contributed by atoms with van der Waals surface area (Å²) >= 11 is 0. The van der Waals surface area contributed by atoms with Gasteiger partial charge in [0.15, 0.2) is 0 Å². The average molecular weight is 224 g/mol. The van der Waals surface area contributed by atoms with Crippen LogP contribution < -0.4 is 11.1 Å². The van der Waals surface area contributed by atoms with Gasteiger partial charge in [-0.25, -0.2) is 0 Å². The number of nitrogens with one attached hydrogen (secondary N) is 1. The predicted octanol–water partition coefficient (Wildman–Crippen LogP) is 1.18. The zero-order valence-electron chi connectivity index (χ0n) is 8.31. The lowest BCUT2D eigenvalue weighted by Gasteiger charge is -2.33. The van der Waals surface area contributed by atoms with Crippen LogP contribution in [0.4, 0.5) is 13.2 Å². The lowest BCUT2D eigenvalue weighted by Crippen LogP contribution is -2.47. The van der Waals surface area contributed by atoms with Crippen molar-refractivity contribution < 1.29 is 18.0 Å². The molecule has 0 bridgehead atoms. The Morgan fingerprint density at radius 3 is 2.47 bits per heavy atom. The molecule has 0 saturated heterocycles. The number of alkyl halides is 3. The van der Waals surface area contributed by atoms with E-state index in [2.05, 4.69) is 5.32 Å². The van der Waals surface area contributed by atoms with Crippen LogP contribution in [0, 0.1) is 5.92 Å². The molecule has 0 radical (unpaired) electrons. The van der Waals surface area contributed by atoms with Gasteiger partial charge in [0.25, 0.3) is 0 Å². The van der Waals surface area contributed by atoms with Gasteiger partial charge in [0, 0.05) is 6.04 Å². The molecule has 0 heterocycles. The van der Waals surface area contributed by atoms with Gasteiger partial charge in [0.05, 0.1) is 12.5 Å². The van der Waals surface area contributed by atoms with Gasteiger partial charge in [-0.1, -0.05) is 12.8 Å². The second-order valence-electron chi connectivity index (χ2n) is 3.89. The maximum absolute atomic E-state index is 12.6. The van der Waals surface area contributed by atoms with Crippen LogP contribution in [0.5, 0.6) is 0 Å². The highest BCUT2D eigenvalue weighted by Gasteiger charge is 2.45. The van der Waals surface area contributed by atoms with Gasteiger partial charge in [-0.05, 0) is 12.8 Å². The van der Waals surface area contributed by atoms with Crippen LogP contribution in [-0.2, 0) is 4.79 Å². The van der Waals surface area contributed by atoms with Gasteiger partial charge in [-0.15, -0.1) is 0 Å². The van der Waals surface area contributed by atoms with Crippen LogP contribution in [0.1, 0.15) is 25.7 Å². The molecule has 1 aliphatic carbocycles. The van der Waals surface area contributed by atoms with Crippen molar-refractivity contribution in [2.45, 2.75) is 37.9 Å². The van der Waals surface area contributed by atoms with E-state index in [1.54, 1.807) is 0 Å². The minimum absolute atomic E-state index is 0.139. The molecule has 2 unspecified atom stereocenters. The molecule has 0 aliphatic heterocycles. The Kier molecular flexibility index (Phi) is 3.96. The summed E-state index contributed by atoms with van der Waals surface area (Å²) in [4.78, 5) is 10.5. The van der Waals surface area contributed by atoms with Gasteiger partial charge in [-0.3, -0.25) is 4.79 Å². The molecule has 1 saturated carbocycles. The summed E-state index contributed by atoms with van der Waals surface area (Å²) in [7, 11) is 0. The van der Waals surface area contributed by atoms with Crippen molar-refractivity contribution in [1.29, 1.82) is 0 Å². The number of halogens is 3. The molecule has 3 N–H and O–H groups in total. The highest BCUT2D eigenvalue weighted by Crippen LogP contribution is 2.37. The number of carbonyl (C=O) groups is 1. The van der Waals surface area contributed by atoms with E-state index in [0.717, 1.165) is 6.42 Å². The number of carbonyl (C=O) groups excluding carboxylic acids is 1. The third kappa shape index (κ3) is 3.70. The van der Waals surface area contributed by atoms with Gasteiger partial charge in [-0.2, -0.15) is 13.2 Å². The fourth-order valence-electron chi connectivity index (χ4n) is 2.00. The number of nitrogens with two attached hydrogens (primary N) is 1. The summed E-state index contributed by atoms with van der Waals surface area (Å²) in [5.41, 5.74) is 4.88. The van der Waals surface area contributed by atoms with Gasteiger partial charge in [0.1, 0.15) is 0 Å². The Morgan fingerprint density at radius 1 is 1.33 bits per heavy atom. The Morgan fingerprint density at radius 2 is 1.93 bits per heavy atom. The van der Waals surface area contributed by atoms with Gasteiger partial charge < -0.3 is 11.1 Å². The largest absolute Gasteiger partial charge is 0.393 e. The van der Waals surface area contributed by atoms with Crippen LogP contribution >= 0.6 is 0 Å². The summed E-state index contributed by atoms with van der Waals surface area (Å²) in [6.45, 7) is -0.183. The molecule has 0 aromatic carbocycles. The number of amides is 1. The summed E-state index contributed by atoms with van der Waals surface area (Å²) in [6, 6.07) is -0.661.